The molecule has 1 aliphatic heterocycles. The van der Waals surface area contributed by atoms with Crippen LogP contribution in [0.4, 0.5) is 10.2 Å². The number of rotatable bonds is 7. The first-order chi connectivity index (χ1) is 15.5. The number of methoxy groups -OCH3 is 1. The molecular weight excluding hydrogens is 437 g/mol. The van der Waals surface area contributed by atoms with E-state index < -0.39 is 11.2 Å². The molecule has 2 N–H and O–H groups in total. The Morgan fingerprint density at radius 3 is 2.88 bits per heavy atom. The highest BCUT2D eigenvalue weighted by atomic mass is 32.1. The Bertz CT molecular complexity index is 1140. The van der Waals surface area contributed by atoms with Crippen molar-refractivity contribution in [2.75, 3.05) is 39.1 Å². The molecular formula is C21H22FN5O4S. The largest absolute Gasteiger partial charge is 0.474 e. The topological polar surface area (TPSA) is 111 Å². The number of carbonyl (C=O) groups excluding carboxylic acids is 2. The monoisotopic (exact) mass is 459 g/mol. The van der Waals surface area contributed by atoms with Crippen LogP contribution in [0.1, 0.15) is 5.56 Å². The Kier molecular flexibility index (Phi) is 6.47. The van der Waals surface area contributed by atoms with Crippen LogP contribution in [0, 0.1) is 5.13 Å². The number of thiophene rings is 1. The number of nitrogens with zero attached hydrogens (tertiary/aromatic N) is 4. The summed E-state index contributed by atoms with van der Waals surface area (Å²) in [5.74, 6) is -0.167. The Hall–Kier alpha value is -3.31. The van der Waals surface area contributed by atoms with Gasteiger partial charge in [-0.1, -0.05) is 17.4 Å². The molecule has 1 saturated heterocycles. The number of nitrogen functional groups attached to an aromatic ring is 1. The van der Waals surface area contributed by atoms with E-state index in [1.807, 2.05) is 18.2 Å². The Morgan fingerprint density at radius 2 is 2.12 bits per heavy atom. The van der Waals surface area contributed by atoms with Crippen molar-refractivity contribution in [2.45, 2.75) is 12.6 Å². The first-order valence-electron chi connectivity index (χ1n) is 9.90. The summed E-state index contributed by atoms with van der Waals surface area (Å²) in [5.41, 5.74) is 7.47. The summed E-state index contributed by atoms with van der Waals surface area (Å²) in [7, 11) is 1.48. The molecule has 0 aliphatic carbocycles. The standard InChI is InChI=1S/C21H22FN5O4S/c1-30-10-16-21(29)26(9-13-2-3-14-15(8-13)24-12-25-20(14)23)6-7-27(16)18(28)11-31-19-5-4-17(22)32-19/h2-5,8,12,16H,6-7,9-11H2,1H3,(H2,23,24,25)/t16-/m0/s1. The summed E-state index contributed by atoms with van der Waals surface area (Å²) >= 11 is 0.815. The van der Waals surface area contributed by atoms with E-state index in [0.29, 0.717) is 36.0 Å². The Labute approximate surface area is 187 Å². The van der Waals surface area contributed by atoms with Gasteiger partial charge in [-0.15, -0.1) is 0 Å². The highest BCUT2D eigenvalue weighted by molar-refractivity contribution is 7.12. The number of piperazine rings is 1. The van der Waals surface area contributed by atoms with Gasteiger partial charge in [-0.25, -0.2) is 9.97 Å². The smallest absolute Gasteiger partial charge is 0.261 e. The minimum Gasteiger partial charge on any atom is -0.474 e. The fourth-order valence-electron chi connectivity index (χ4n) is 3.65. The summed E-state index contributed by atoms with van der Waals surface area (Å²) in [5, 5.41) is 0.669. The maximum atomic E-state index is 13.1. The molecule has 3 heterocycles. The second kappa shape index (κ2) is 9.45. The number of halogens is 1. The van der Waals surface area contributed by atoms with Crippen molar-refractivity contribution in [3.05, 3.63) is 47.4 Å². The zero-order chi connectivity index (χ0) is 22.7. The van der Waals surface area contributed by atoms with Gasteiger partial charge in [-0.05, 0) is 29.8 Å². The van der Waals surface area contributed by atoms with Crippen molar-refractivity contribution in [3.8, 4) is 5.06 Å². The molecule has 2 aromatic heterocycles. The number of nitrogens with two attached hydrogens (primary N) is 1. The Balaban J connectivity index is 1.44. The van der Waals surface area contributed by atoms with E-state index in [9.17, 15) is 14.0 Å². The van der Waals surface area contributed by atoms with Crippen LogP contribution in [-0.2, 0) is 20.9 Å². The molecule has 2 amide bonds. The molecule has 0 spiro atoms. The van der Waals surface area contributed by atoms with Gasteiger partial charge in [0.25, 0.3) is 5.91 Å². The molecule has 1 aromatic carbocycles. The third-order valence-corrected chi connectivity index (χ3v) is 6.01. The number of hydrogen-bond donors (Lipinski definition) is 1. The van der Waals surface area contributed by atoms with Gasteiger partial charge in [0, 0.05) is 32.1 Å². The van der Waals surface area contributed by atoms with Crippen LogP contribution in [0.25, 0.3) is 10.9 Å². The summed E-state index contributed by atoms with van der Waals surface area (Å²) in [4.78, 5) is 37.2. The van der Waals surface area contributed by atoms with E-state index in [-0.39, 0.29) is 25.0 Å². The fraction of sp³-hybridized carbons (Fsp3) is 0.333. The van der Waals surface area contributed by atoms with Gasteiger partial charge in [0.1, 0.15) is 18.2 Å². The number of hydrogen-bond acceptors (Lipinski definition) is 8. The minimum atomic E-state index is -0.761. The van der Waals surface area contributed by atoms with Crippen molar-refractivity contribution >= 4 is 39.9 Å². The van der Waals surface area contributed by atoms with E-state index in [4.69, 9.17) is 15.2 Å². The van der Waals surface area contributed by atoms with Gasteiger partial charge in [0.2, 0.25) is 5.91 Å². The lowest BCUT2D eigenvalue weighted by molar-refractivity contribution is -0.155. The molecule has 1 fully saturated rings. The van der Waals surface area contributed by atoms with Gasteiger partial charge < -0.3 is 25.0 Å². The SMILES string of the molecule is COC[C@H]1C(=O)N(Cc2ccc3c(N)ncnc3c2)CCN1C(=O)COc1ccc(F)s1. The second-order valence-electron chi connectivity index (χ2n) is 7.28. The predicted molar refractivity (Wildman–Crippen MR) is 117 cm³/mol. The molecule has 0 saturated carbocycles. The number of carbonyl (C=O) groups is 2. The summed E-state index contributed by atoms with van der Waals surface area (Å²) in [6, 6.07) is 7.56. The highest BCUT2D eigenvalue weighted by Gasteiger charge is 2.37. The maximum absolute atomic E-state index is 13.1. The van der Waals surface area contributed by atoms with Crippen molar-refractivity contribution < 1.29 is 23.5 Å². The van der Waals surface area contributed by atoms with Crippen LogP contribution in [-0.4, -0.2) is 71.0 Å². The molecule has 9 nitrogen and oxygen atoms in total. The Morgan fingerprint density at radius 1 is 1.28 bits per heavy atom. The van der Waals surface area contributed by atoms with E-state index in [1.165, 1.54) is 30.5 Å². The van der Waals surface area contributed by atoms with Crippen LogP contribution in [0.3, 0.4) is 0 Å². The predicted octanol–water partition coefficient (Wildman–Crippen LogP) is 1.68. The lowest BCUT2D eigenvalue weighted by atomic mass is 10.1. The minimum absolute atomic E-state index is 0.0657. The van der Waals surface area contributed by atoms with Crippen molar-refractivity contribution in [1.29, 1.82) is 0 Å². The van der Waals surface area contributed by atoms with Gasteiger partial charge in [-0.3, -0.25) is 9.59 Å². The third-order valence-electron chi connectivity index (χ3n) is 5.22. The van der Waals surface area contributed by atoms with Crippen LogP contribution in [0.5, 0.6) is 5.06 Å². The van der Waals surface area contributed by atoms with E-state index in [2.05, 4.69) is 9.97 Å². The van der Waals surface area contributed by atoms with E-state index in [1.54, 1.807) is 4.90 Å². The summed E-state index contributed by atoms with van der Waals surface area (Å²) in [6.07, 6.45) is 1.40. The molecule has 4 rings (SSSR count). The van der Waals surface area contributed by atoms with Gasteiger partial charge in [0.15, 0.2) is 16.8 Å². The zero-order valence-corrected chi connectivity index (χ0v) is 18.2. The number of fused-ring (bicyclic) bond motifs is 1. The molecule has 32 heavy (non-hydrogen) atoms. The quantitative estimate of drug-likeness (QED) is 0.572. The molecule has 0 bridgehead atoms. The molecule has 1 atom stereocenters. The summed E-state index contributed by atoms with van der Waals surface area (Å²) < 4.78 is 23.7. The lowest BCUT2D eigenvalue weighted by Crippen LogP contribution is -2.60. The first kappa shape index (κ1) is 21.9. The second-order valence-corrected chi connectivity index (χ2v) is 8.27. The van der Waals surface area contributed by atoms with Crippen LogP contribution >= 0.6 is 11.3 Å². The van der Waals surface area contributed by atoms with Crippen molar-refractivity contribution in [3.63, 3.8) is 0 Å². The van der Waals surface area contributed by atoms with Gasteiger partial charge >= 0.3 is 0 Å². The normalized spacial score (nSPS) is 16.6. The lowest BCUT2D eigenvalue weighted by Gasteiger charge is -2.40. The van der Waals surface area contributed by atoms with E-state index >= 15 is 0 Å². The molecule has 0 unspecified atom stereocenters. The molecule has 1 aliphatic rings. The molecule has 3 aromatic rings. The van der Waals surface area contributed by atoms with Gasteiger partial charge in [0.05, 0.1) is 12.1 Å². The van der Waals surface area contributed by atoms with Crippen molar-refractivity contribution in [1.82, 2.24) is 19.8 Å². The number of anilines is 1. The van der Waals surface area contributed by atoms with Gasteiger partial charge in [-0.2, -0.15) is 4.39 Å². The van der Waals surface area contributed by atoms with Crippen molar-refractivity contribution in [2.24, 2.45) is 0 Å². The maximum Gasteiger partial charge on any atom is 0.261 e. The average Bonchev–Trinajstić information content (AvgIpc) is 3.20. The number of ether oxygens (including phenoxy) is 2. The third kappa shape index (κ3) is 4.63. The van der Waals surface area contributed by atoms with Crippen LogP contribution in [0.15, 0.2) is 36.7 Å². The van der Waals surface area contributed by atoms with Crippen LogP contribution < -0.4 is 10.5 Å². The number of amides is 2. The zero-order valence-electron chi connectivity index (χ0n) is 17.4. The number of aromatic nitrogens is 2. The average molecular weight is 460 g/mol. The summed E-state index contributed by atoms with van der Waals surface area (Å²) in [6.45, 7) is 0.854. The molecule has 11 heteroatoms. The van der Waals surface area contributed by atoms with E-state index in [0.717, 1.165) is 22.3 Å². The molecule has 168 valence electrons. The number of benzene rings is 1. The highest BCUT2D eigenvalue weighted by Crippen LogP contribution is 2.24. The first-order valence-corrected chi connectivity index (χ1v) is 10.7. The molecule has 0 radical (unpaired) electrons. The van der Waals surface area contributed by atoms with Crippen LogP contribution in [0.2, 0.25) is 0 Å². The fourth-order valence-corrected chi connectivity index (χ4v) is 4.23.